The van der Waals surface area contributed by atoms with E-state index in [1.807, 2.05) is 0 Å². The van der Waals surface area contributed by atoms with Crippen LogP contribution in [-0.2, 0) is 5.66 Å². The number of fused-ring (bicyclic) bond motifs is 2. The van der Waals surface area contributed by atoms with Crippen molar-refractivity contribution in [1.82, 2.24) is 20.1 Å². The third kappa shape index (κ3) is 1.61. The summed E-state index contributed by atoms with van der Waals surface area (Å²) < 4.78 is 2.39. The minimum Gasteiger partial charge on any atom is -0.296 e. The Balaban J connectivity index is 2.06. The van der Waals surface area contributed by atoms with Crippen molar-refractivity contribution in [2.24, 2.45) is 0 Å². The zero-order chi connectivity index (χ0) is 12.0. The van der Waals surface area contributed by atoms with E-state index in [0.717, 1.165) is 11.6 Å². The van der Waals surface area contributed by atoms with Gasteiger partial charge in [-0.15, -0.1) is 10.2 Å². The Kier molecular flexibility index (Phi) is 2.51. The molecule has 4 nitrogen and oxygen atoms in total. The summed E-state index contributed by atoms with van der Waals surface area (Å²) in [5.41, 5.74) is 0.121. The summed E-state index contributed by atoms with van der Waals surface area (Å²) in [6.07, 6.45) is 6.42. The van der Waals surface area contributed by atoms with E-state index in [1.54, 1.807) is 0 Å². The molecular weight excluding hydrogens is 212 g/mol. The van der Waals surface area contributed by atoms with Crippen LogP contribution in [0.5, 0.6) is 0 Å². The molecule has 2 bridgehead atoms. The van der Waals surface area contributed by atoms with Crippen molar-refractivity contribution in [1.29, 1.82) is 0 Å². The molecule has 3 heterocycles. The second-order valence-electron chi connectivity index (χ2n) is 5.90. The monoisotopic (exact) mass is 234 g/mol. The van der Waals surface area contributed by atoms with Gasteiger partial charge in [-0.05, 0) is 39.0 Å². The highest BCUT2D eigenvalue weighted by molar-refractivity contribution is 5.09. The predicted molar refractivity (Wildman–Crippen MR) is 66.8 cm³/mol. The van der Waals surface area contributed by atoms with E-state index in [0.29, 0.717) is 12.0 Å². The molecule has 0 radical (unpaired) electrons. The van der Waals surface area contributed by atoms with Gasteiger partial charge >= 0.3 is 0 Å². The summed E-state index contributed by atoms with van der Waals surface area (Å²) in [5, 5.41) is 12.5. The number of piperidine rings is 1. The lowest BCUT2D eigenvalue weighted by Crippen LogP contribution is -2.49. The van der Waals surface area contributed by atoms with Crippen molar-refractivity contribution >= 4 is 0 Å². The number of aryl methyl sites for hydroxylation is 1. The first-order chi connectivity index (χ1) is 8.12. The highest BCUT2D eigenvalue weighted by Crippen LogP contribution is 2.41. The number of nitrogens with zero attached hydrogens (tertiary/aromatic N) is 3. The van der Waals surface area contributed by atoms with Crippen LogP contribution in [0.1, 0.15) is 63.5 Å². The van der Waals surface area contributed by atoms with Crippen LogP contribution in [-0.4, -0.2) is 20.8 Å². The van der Waals surface area contributed by atoms with Gasteiger partial charge in [-0.25, -0.2) is 0 Å². The lowest BCUT2D eigenvalue weighted by Gasteiger charge is -2.38. The lowest BCUT2D eigenvalue weighted by molar-refractivity contribution is 0.173. The lowest BCUT2D eigenvalue weighted by atomic mass is 9.98. The second-order valence-corrected chi connectivity index (χ2v) is 5.90. The summed E-state index contributed by atoms with van der Waals surface area (Å²) in [5.74, 6) is 2.63. The topological polar surface area (TPSA) is 42.7 Å². The summed E-state index contributed by atoms with van der Waals surface area (Å²) in [6, 6.07) is 0.713. The second kappa shape index (κ2) is 3.80. The van der Waals surface area contributed by atoms with Crippen LogP contribution in [0.25, 0.3) is 0 Å². The molecule has 2 aliphatic rings. The Hall–Kier alpha value is -0.900. The average Bonchev–Trinajstić information content (AvgIpc) is 2.81. The highest BCUT2D eigenvalue weighted by Gasteiger charge is 2.44. The fourth-order valence-electron chi connectivity index (χ4n) is 3.56. The first kappa shape index (κ1) is 11.2. The van der Waals surface area contributed by atoms with Crippen molar-refractivity contribution in [2.75, 3.05) is 0 Å². The van der Waals surface area contributed by atoms with Gasteiger partial charge in [0.2, 0.25) is 0 Å². The van der Waals surface area contributed by atoms with Crippen molar-refractivity contribution in [3.8, 4) is 0 Å². The number of aromatic nitrogens is 3. The number of hydrogen-bond donors (Lipinski definition) is 1. The van der Waals surface area contributed by atoms with Crippen molar-refractivity contribution < 1.29 is 0 Å². The van der Waals surface area contributed by atoms with Crippen LogP contribution in [0.2, 0.25) is 0 Å². The predicted octanol–water partition coefficient (Wildman–Crippen LogP) is 2.30. The smallest absolute Gasteiger partial charge is 0.137 e. The largest absolute Gasteiger partial charge is 0.296 e. The van der Waals surface area contributed by atoms with Gasteiger partial charge in [-0.1, -0.05) is 13.8 Å². The van der Waals surface area contributed by atoms with Gasteiger partial charge in [0.25, 0.3) is 0 Å². The number of nitrogens with one attached hydrogen (secondary N) is 1. The average molecular weight is 234 g/mol. The zero-order valence-corrected chi connectivity index (χ0v) is 11.0. The molecule has 0 aliphatic carbocycles. The van der Waals surface area contributed by atoms with Gasteiger partial charge in [0.05, 0.1) is 5.66 Å². The summed E-state index contributed by atoms with van der Waals surface area (Å²) in [4.78, 5) is 0. The fourth-order valence-corrected chi connectivity index (χ4v) is 3.56. The quantitative estimate of drug-likeness (QED) is 0.854. The summed E-state index contributed by atoms with van der Waals surface area (Å²) >= 11 is 0. The van der Waals surface area contributed by atoms with Gasteiger partial charge < -0.3 is 0 Å². The molecule has 0 aromatic carbocycles. The maximum Gasteiger partial charge on any atom is 0.137 e. The van der Waals surface area contributed by atoms with Crippen LogP contribution in [0, 0.1) is 6.92 Å². The molecule has 2 atom stereocenters. The molecule has 3 rings (SSSR count). The third-order valence-corrected chi connectivity index (χ3v) is 4.32. The maximum atomic E-state index is 4.37. The van der Waals surface area contributed by atoms with E-state index in [4.69, 9.17) is 0 Å². The van der Waals surface area contributed by atoms with Crippen LogP contribution < -0.4 is 5.32 Å². The number of hydrogen-bond acceptors (Lipinski definition) is 3. The van der Waals surface area contributed by atoms with E-state index in [-0.39, 0.29) is 5.66 Å². The molecule has 1 N–H and O–H groups in total. The zero-order valence-electron chi connectivity index (χ0n) is 11.0. The SMILES string of the molecule is Cc1nnc(C(C)C)n1C12CCCC(CC1)N2. The van der Waals surface area contributed by atoms with Crippen LogP contribution in [0.15, 0.2) is 0 Å². The minimum absolute atomic E-state index is 0.121. The van der Waals surface area contributed by atoms with E-state index in [2.05, 4.69) is 40.9 Å². The van der Waals surface area contributed by atoms with Gasteiger partial charge in [0.15, 0.2) is 0 Å². The normalized spacial score (nSPS) is 32.4. The standard InChI is InChI=1S/C13H22N4/c1-9(2)12-16-15-10(3)17(12)13-7-4-5-11(14-13)6-8-13/h9,11,14H,4-8H2,1-3H3. The van der Waals surface area contributed by atoms with Gasteiger partial charge in [0, 0.05) is 12.0 Å². The van der Waals surface area contributed by atoms with Gasteiger partial charge in [0.1, 0.15) is 11.6 Å². The Morgan fingerprint density at radius 3 is 2.88 bits per heavy atom. The fraction of sp³-hybridized carbons (Fsp3) is 0.846. The van der Waals surface area contributed by atoms with Crippen LogP contribution in [0.4, 0.5) is 0 Å². The molecule has 2 saturated heterocycles. The van der Waals surface area contributed by atoms with Crippen molar-refractivity contribution in [2.45, 2.75) is 70.5 Å². The van der Waals surface area contributed by atoms with E-state index in [1.165, 1.54) is 32.1 Å². The molecule has 1 aromatic heterocycles. The molecule has 2 unspecified atom stereocenters. The highest BCUT2D eigenvalue weighted by atomic mass is 15.4. The van der Waals surface area contributed by atoms with E-state index in [9.17, 15) is 0 Å². The van der Waals surface area contributed by atoms with E-state index < -0.39 is 0 Å². The summed E-state index contributed by atoms with van der Waals surface area (Å²) in [6.45, 7) is 6.48. The van der Waals surface area contributed by atoms with Crippen molar-refractivity contribution in [3.05, 3.63) is 11.6 Å². The molecule has 1 aromatic rings. The first-order valence-corrected chi connectivity index (χ1v) is 6.82. The van der Waals surface area contributed by atoms with Gasteiger partial charge in [-0.2, -0.15) is 0 Å². The molecular formula is C13H22N4. The molecule has 4 heteroatoms. The molecule has 2 fully saturated rings. The minimum atomic E-state index is 0.121. The van der Waals surface area contributed by atoms with Crippen LogP contribution >= 0.6 is 0 Å². The Labute approximate surface area is 103 Å². The Morgan fingerprint density at radius 2 is 2.12 bits per heavy atom. The molecule has 17 heavy (non-hydrogen) atoms. The maximum absolute atomic E-state index is 4.37. The molecule has 0 saturated carbocycles. The number of rotatable bonds is 2. The van der Waals surface area contributed by atoms with Crippen molar-refractivity contribution in [3.63, 3.8) is 0 Å². The Morgan fingerprint density at radius 1 is 1.29 bits per heavy atom. The van der Waals surface area contributed by atoms with Crippen LogP contribution in [0.3, 0.4) is 0 Å². The molecule has 0 spiro atoms. The molecule has 0 amide bonds. The third-order valence-electron chi connectivity index (χ3n) is 4.32. The molecule has 94 valence electrons. The summed E-state index contributed by atoms with van der Waals surface area (Å²) in [7, 11) is 0. The van der Waals surface area contributed by atoms with E-state index >= 15 is 0 Å². The van der Waals surface area contributed by atoms with Gasteiger partial charge in [-0.3, -0.25) is 9.88 Å². The first-order valence-electron chi connectivity index (χ1n) is 6.82. The Bertz CT molecular complexity index is 419. The molecule has 2 aliphatic heterocycles.